The Bertz CT molecular complexity index is 1340. The minimum Gasteiger partial charge on any atom is -0.360 e. The molecule has 0 atom stereocenters. The monoisotopic (exact) mass is 477 g/mol. The van der Waals surface area contributed by atoms with E-state index in [2.05, 4.69) is 46.5 Å². The van der Waals surface area contributed by atoms with Crippen LogP contribution in [0.25, 0.3) is 21.8 Å². The number of fused-ring (bicyclic) bond motifs is 2. The second-order valence-corrected chi connectivity index (χ2v) is 9.97. The summed E-state index contributed by atoms with van der Waals surface area (Å²) in [5.41, 5.74) is 4.69. The second kappa shape index (κ2) is 9.75. The van der Waals surface area contributed by atoms with Crippen molar-refractivity contribution < 1.29 is 9.18 Å². The Hall–Kier alpha value is -2.92. The highest BCUT2D eigenvalue weighted by Crippen LogP contribution is 2.34. The molecule has 2 aromatic heterocycles. The van der Waals surface area contributed by atoms with Crippen LogP contribution in [0.5, 0.6) is 0 Å². The van der Waals surface area contributed by atoms with Gasteiger partial charge in [-0.3, -0.25) is 9.78 Å². The van der Waals surface area contributed by atoms with Crippen LogP contribution in [0.2, 0.25) is 5.02 Å². The van der Waals surface area contributed by atoms with Gasteiger partial charge in [-0.1, -0.05) is 36.1 Å². The Morgan fingerprint density at radius 1 is 1.15 bits per heavy atom. The van der Waals surface area contributed by atoms with E-state index in [1.807, 2.05) is 6.20 Å². The summed E-state index contributed by atoms with van der Waals surface area (Å²) in [7, 11) is 0. The topological polar surface area (TPSA) is 57.8 Å². The van der Waals surface area contributed by atoms with Crippen molar-refractivity contribution in [2.24, 2.45) is 5.92 Å². The first kappa shape index (κ1) is 22.9. The van der Waals surface area contributed by atoms with Crippen molar-refractivity contribution in [3.8, 4) is 0 Å². The molecule has 0 aliphatic heterocycles. The van der Waals surface area contributed by atoms with Gasteiger partial charge in [-0.25, -0.2) is 4.39 Å². The first-order chi connectivity index (χ1) is 16.5. The number of aryl methyl sites for hydroxylation is 1. The molecule has 0 radical (unpaired) electrons. The fourth-order valence-electron chi connectivity index (χ4n) is 5.21. The Balaban J connectivity index is 1.19. The highest BCUT2D eigenvalue weighted by molar-refractivity contribution is 6.35. The highest BCUT2D eigenvalue weighted by atomic mass is 35.5. The van der Waals surface area contributed by atoms with Crippen molar-refractivity contribution in [3.05, 3.63) is 76.3 Å². The second-order valence-electron chi connectivity index (χ2n) is 9.56. The number of H-pyrrole nitrogens is 1. The van der Waals surface area contributed by atoms with Crippen LogP contribution in [-0.4, -0.2) is 15.9 Å². The molecule has 0 spiro atoms. The van der Waals surface area contributed by atoms with E-state index in [4.69, 9.17) is 11.6 Å². The van der Waals surface area contributed by atoms with Gasteiger partial charge in [0, 0.05) is 46.7 Å². The molecule has 1 aliphatic rings. The SMILES string of the molecule is Cc1ccc2ncc(C3CCCC(C(=O)NCc4cc5c(Cl)c[nH]c5cc4F)CCC3)cc2c1. The van der Waals surface area contributed by atoms with E-state index < -0.39 is 0 Å². The summed E-state index contributed by atoms with van der Waals surface area (Å²) in [6.45, 7) is 2.28. The van der Waals surface area contributed by atoms with Crippen LogP contribution >= 0.6 is 11.6 Å². The van der Waals surface area contributed by atoms with Crippen molar-refractivity contribution in [1.29, 1.82) is 0 Å². The van der Waals surface area contributed by atoms with E-state index in [0.717, 1.165) is 49.4 Å². The van der Waals surface area contributed by atoms with Crippen LogP contribution < -0.4 is 5.32 Å². The molecular formula is C28H29ClFN3O. The number of benzene rings is 2. The fourth-order valence-corrected chi connectivity index (χ4v) is 5.42. The lowest BCUT2D eigenvalue weighted by molar-refractivity contribution is -0.125. The summed E-state index contributed by atoms with van der Waals surface area (Å²) < 4.78 is 14.4. The van der Waals surface area contributed by atoms with Gasteiger partial charge in [-0.2, -0.15) is 0 Å². The van der Waals surface area contributed by atoms with E-state index >= 15 is 0 Å². The van der Waals surface area contributed by atoms with Gasteiger partial charge in [-0.05, 0) is 74.4 Å². The summed E-state index contributed by atoms with van der Waals surface area (Å²) in [6.07, 6.45) is 9.48. The standard InChI is InChI=1S/C28H29ClFN3O/c1-17-8-9-26-20(10-17)11-21(14-31-26)18-4-2-6-19(7-3-5-18)28(34)33-15-22-12-23-24(29)16-32-27(23)13-25(22)30/h8-14,16,18-19,32H,2-7,15H2,1H3,(H,33,34). The molecule has 176 valence electrons. The molecule has 5 rings (SSSR count). The van der Waals surface area contributed by atoms with Crippen LogP contribution in [0, 0.1) is 18.7 Å². The maximum absolute atomic E-state index is 14.4. The van der Waals surface area contributed by atoms with E-state index in [-0.39, 0.29) is 24.2 Å². The van der Waals surface area contributed by atoms with Crippen molar-refractivity contribution in [2.45, 2.75) is 57.9 Å². The summed E-state index contributed by atoms with van der Waals surface area (Å²) in [4.78, 5) is 20.5. The molecule has 0 unspecified atom stereocenters. The smallest absolute Gasteiger partial charge is 0.223 e. The van der Waals surface area contributed by atoms with Gasteiger partial charge in [-0.15, -0.1) is 0 Å². The number of aromatic nitrogens is 2. The van der Waals surface area contributed by atoms with Crippen LogP contribution in [-0.2, 0) is 11.3 Å². The molecule has 2 heterocycles. The Labute approximate surface area is 203 Å². The number of carbonyl (C=O) groups is 1. The lowest BCUT2D eigenvalue weighted by atomic mass is 9.82. The number of pyridine rings is 1. The molecule has 2 N–H and O–H groups in total. The van der Waals surface area contributed by atoms with Crippen molar-refractivity contribution in [1.82, 2.24) is 15.3 Å². The Morgan fingerprint density at radius 3 is 2.74 bits per heavy atom. The van der Waals surface area contributed by atoms with E-state index in [9.17, 15) is 9.18 Å². The molecule has 0 bridgehead atoms. The van der Waals surface area contributed by atoms with E-state index in [0.29, 0.717) is 22.0 Å². The third-order valence-electron chi connectivity index (χ3n) is 7.16. The number of hydrogen-bond acceptors (Lipinski definition) is 2. The predicted molar refractivity (Wildman–Crippen MR) is 136 cm³/mol. The first-order valence-electron chi connectivity index (χ1n) is 12.1. The zero-order valence-corrected chi connectivity index (χ0v) is 20.1. The lowest BCUT2D eigenvalue weighted by Gasteiger charge is -2.24. The average Bonchev–Trinajstić information content (AvgIpc) is 3.16. The number of halogens is 2. The van der Waals surface area contributed by atoms with Crippen LogP contribution in [0.3, 0.4) is 0 Å². The first-order valence-corrected chi connectivity index (χ1v) is 12.4. The average molecular weight is 478 g/mol. The molecule has 1 amide bonds. The Kier molecular flexibility index (Phi) is 6.55. The molecule has 4 nitrogen and oxygen atoms in total. The van der Waals surface area contributed by atoms with Crippen molar-refractivity contribution >= 4 is 39.3 Å². The van der Waals surface area contributed by atoms with Crippen LogP contribution in [0.4, 0.5) is 4.39 Å². The van der Waals surface area contributed by atoms with Gasteiger partial charge >= 0.3 is 0 Å². The van der Waals surface area contributed by atoms with Crippen LogP contribution in [0.1, 0.15) is 61.1 Å². The fraction of sp³-hybridized carbons (Fsp3) is 0.357. The third-order valence-corrected chi connectivity index (χ3v) is 7.47. The molecule has 1 fully saturated rings. The summed E-state index contributed by atoms with van der Waals surface area (Å²) in [6, 6.07) is 11.8. The molecule has 4 aromatic rings. The normalized spacial score (nSPS) is 19.1. The van der Waals surface area contributed by atoms with Gasteiger partial charge < -0.3 is 10.3 Å². The number of hydrogen-bond donors (Lipinski definition) is 2. The summed E-state index contributed by atoms with van der Waals surface area (Å²) in [5, 5.41) is 5.47. The molecular weight excluding hydrogens is 449 g/mol. The molecule has 1 aliphatic carbocycles. The minimum absolute atomic E-state index is 0.0148. The van der Waals surface area contributed by atoms with Gasteiger partial charge in [0.05, 0.1) is 10.5 Å². The maximum Gasteiger partial charge on any atom is 0.223 e. The largest absolute Gasteiger partial charge is 0.360 e. The van der Waals surface area contributed by atoms with Crippen LogP contribution in [0.15, 0.2) is 48.8 Å². The predicted octanol–water partition coefficient (Wildman–Crippen LogP) is 7.19. The lowest BCUT2D eigenvalue weighted by Crippen LogP contribution is -2.31. The number of carbonyl (C=O) groups excluding carboxylic acids is 1. The number of amides is 1. The Morgan fingerprint density at radius 2 is 1.94 bits per heavy atom. The minimum atomic E-state index is -0.342. The van der Waals surface area contributed by atoms with Gasteiger partial charge in [0.15, 0.2) is 0 Å². The molecule has 0 saturated heterocycles. The molecule has 34 heavy (non-hydrogen) atoms. The van der Waals surface area contributed by atoms with E-state index in [1.165, 1.54) is 22.6 Å². The van der Waals surface area contributed by atoms with Gasteiger partial charge in [0.25, 0.3) is 0 Å². The molecule has 2 aromatic carbocycles. The molecule has 6 heteroatoms. The number of nitrogens with one attached hydrogen (secondary N) is 2. The zero-order valence-electron chi connectivity index (χ0n) is 19.3. The summed E-state index contributed by atoms with van der Waals surface area (Å²) in [5.74, 6) is 0.126. The highest BCUT2D eigenvalue weighted by Gasteiger charge is 2.23. The van der Waals surface area contributed by atoms with E-state index in [1.54, 1.807) is 12.3 Å². The quantitative estimate of drug-likeness (QED) is 0.327. The van der Waals surface area contributed by atoms with Gasteiger partial charge in [0.1, 0.15) is 5.82 Å². The van der Waals surface area contributed by atoms with Crippen molar-refractivity contribution in [3.63, 3.8) is 0 Å². The summed E-state index contributed by atoms with van der Waals surface area (Å²) >= 11 is 6.16. The number of aromatic amines is 1. The number of nitrogens with zero attached hydrogens (tertiary/aromatic N) is 1. The van der Waals surface area contributed by atoms with Crippen molar-refractivity contribution in [2.75, 3.05) is 0 Å². The third kappa shape index (κ3) is 4.80. The maximum atomic E-state index is 14.4. The zero-order chi connectivity index (χ0) is 23.7. The molecule has 1 saturated carbocycles. The van der Waals surface area contributed by atoms with Gasteiger partial charge in [0.2, 0.25) is 5.91 Å². The number of rotatable bonds is 4.